The van der Waals surface area contributed by atoms with Crippen molar-refractivity contribution in [2.24, 2.45) is 0 Å². The Morgan fingerprint density at radius 1 is 1.05 bits per heavy atom. The molecule has 6 heteroatoms. The first kappa shape index (κ1) is 12.7. The quantitative estimate of drug-likeness (QED) is 0.748. The molecule has 0 unspecified atom stereocenters. The van der Waals surface area contributed by atoms with Crippen molar-refractivity contribution in [2.45, 2.75) is 17.0 Å². The van der Waals surface area contributed by atoms with Crippen molar-refractivity contribution in [1.29, 1.82) is 0 Å². The van der Waals surface area contributed by atoms with Crippen molar-refractivity contribution < 1.29 is 0 Å². The van der Waals surface area contributed by atoms with Gasteiger partial charge in [-0.05, 0) is 58.9 Å². The minimum Gasteiger partial charge on any atom is -0.398 e. The van der Waals surface area contributed by atoms with E-state index < -0.39 is 0 Å². The zero-order valence-corrected chi connectivity index (χ0v) is 11.7. The number of aromatic nitrogens is 4. The van der Waals surface area contributed by atoms with Crippen molar-refractivity contribution in [3.8, 4) is 5.69 Å². The van der Waals surface area contributed by atoms with Crippen LogP contribution in [-0.4, -0.2) is 20.2 Å². The van der Waals surface area contributed by atoms with Gasteiger partial charge in [-0.25, -0.2) is 0 Å². The predicted octanol–water partition coefficient (Wildman–Crippen LogP) is 2.70. The summed E-state index contributed by atoms with van der Waals surface area (Å²) in [6.45, 7) is 1.99. The van der Waals surface area contributed by atoms with Crippen LogP contribution in [0.15, 0.2) is 58.6 Å². The van der Waals surface area contributed by atoms with E-state index in [-0.39, 0.29) is 0 Å². The van der Waals surface area contributed by atoms with Gasteiger partial charge in [0, 0.05) is 10.6 Å². The fourth-order valence-corrected chi connectivity index (χ4v) is 2.73. The Labute approximate surface area is 120 Å². The van der Waals surface area contributed by atoms with Crippen LogP contribution in [0.2, 0.25) is 0 Å². The summed E-state index contributed by atoms with van der Waals surface area (Å²) >= 11 is 1.50. The standard InChI is InChI=1S/C14H13N5S/c1-10-12(15)8-5-9-13(10)20-14-16-17-18-19(14)11-6-3-2-4-7-11/h2-9H,15H2,1H3. The van der Waals surface area contributed by atoms with E-state index in [1.165, 1.54) is 11.8 Å². The molecule has 0 aliphatic carbocycles. The number of nitrogens with zero attached hydrogens (tertiary/aromatic N) is 4. The molecule has 1 heterocycles. The monoisotopic (exact) mass is 283 g/mol. The molecule has 100 valence electrons. The van der Waals surface area contributed by atoms with Gasteiger partial charge in [-0.2, -0.15) is 4.68 Å². The van der Waals surface area contributed by atoms with Crippen molar-refractivity contribution in [2.75, 3.05) is 5.73 Å². The summed E-state index contributed by atoms with van der Waals surface area (Å²) in [5.41, 5.74) is 8.67. The molecular formula is C14H13N5S. The zero-order chi connectivity index (χ0) is 13.9. The Morgan fingerprint density at radius 3 is 2.65 bits per heavy atom. The molecule has 20 heavy (non-hydrogen) atoms. The SMILES string of the molecule is Cc1c(N)cccc1Sc1nnnn1-c1ccccc1. The molecule has 0 amide bonds. The van der Waals surface area contributed by atoms with E-state index in [9.17, 15) is 0 Å². The average molecular weight is 283 g/mol. The maximum absolute atomic E-state index is 5.93. The Bertz CT molecular complexity index is 723. The summed E-state index contributed by atoms with van der Waals surface area (Å²) in [5.74, 6) is 0. The number of para-hydroxylation sites is 1. The summed E-state index contributed by atoms with van der Waals surface area (Å²) in [4.78, 5) is 1.05. The van der Waals surface area contributed by atoms with E-state index in [1.807, 2.05) is 55.5 Å². The van der Waals surface area contributed by atoms with Crippen LogP contribution >= 0.6 is 11.8 Å². The first-order valence-corrected chi connectivity index (χ1v) is 6.94. The molecule has 0 fully saturated rings. The topological polar surface area (TPSA) is 69.6 Å². The first-order chi connectivity index (χ1) is 9.75. The molecule has 0 aliphatic heterocycles. The van der Waals surface area contributed by atoms with Gasteiger partial charge in [0.25, 0.3) is 0 Å². The van der Waals surface area contributed by atoms with E-state index in [2.05, 4.69) is 15.5 Å². The number of benzene rings is 2. The van der Waals surface area contributed by atoms with Crippen LogP contribution in [0.3, 0.4) is 0 Å². The molecule has 0 saturated heterocycles. The Balaban J connectivity index is 1.97. The lowest BCUT2D eigenvalue weighted by Gasteiger charge is -2.07. The fourth-order valence-electron chi connectivity index (χ4n) is 1.81. The lowest BCUT2D eigenvalue weighted by atomic mass is 10.2. The van der Waals surface area contributed by atoms with Gasteiger partial charge >= 0.3 is 0 Å². The summed E-state index contributed by atoms with van der Waals surface area (Å²) in [5, 5.41) is 12.6. The lowest BCUT2D eigenvalue weighted by molar-refractivity contribution is 0.756. The molecule has 0 atom stereocenters. The number of rotatable bonds is 3. The molecule has 5 nitrogen and oxygen atoms in total. The number of tetrazole rings is 1. The first-order valence-electron chi connectivity index (χ1n) is 6.12. The maximum Gasteiger partial charge on any atom is 0.218 e. The van der Waals surface area contributed by atoms with Gasteiger partial charge in [0.15, 0.2) is 0 Å². The van der Waals surface area contributed by atoms with Crippen molar-refractivity contribution in [3.63, 3.8) is 0 Å². The molecule has 0 saturated carbocycles. The lowest BCUT2D eigenvalue weighted by Crippen LogP contribution is -1.99. The van der Waals surface area contributed by atoms with Crippen LogP contribution in [-0.2, 0) is 0 Å². The Hall–Kier alpha value is -2.34. The second-order valence-corrected chi connectivity index (χ2v) is 5.29. The van der Waals surface area contributed by atoms with Crippen molar-refractivity contribution >= 4 is 17.4 Å². The minimum atomic E-state index is 0.713. The second kappa shape index (κ2) is 5.34. The number of nitrogens with two attached hydrogens (primary N) is 1. The highest BCUT2D eigenvalue weighted by Gasteiger charge is 2.11. The highest BCUT2D eigenvalue weighted by Crippen LogP contribution is 2.31. The Kier molecular flexibility index (Phi) is 3.39. The normalized spacial score (nSPS) is 10.7. The second-order valence-electron chi connectivity index (χ2n) is 4.28. The fraction of sp³-hybridized carbons (Fsp3) is 0.0714. The predicted molar refractivity (Wildman–Crippen MR) is 78.9 cm³/mol. The molecular weight excluding hydrogens is 270 g/mol. The minimum absolute atomic E-state index is 0.713. The largest absolute Gasteiger partial charge is 0.398 e. The van der Waals surface area contributed by atoms with Crippen molar-refractivity contribution in [1.82, 2.24) is 20.2 Å². The van der Waals surface area contributed by atoms with Gasteiger partial charge in [-0.1, -0.05) is 24.3 Å². The number of nitrogen functional groups attached to an aromatic ring is 1. The summed E-state index contributed by atoms with van der Waals surface area (Å²) in [7, 11) is 0. The number of hydrogen-bond acceptors (Lipinski definition) is 5. The van der Waals surface area contributed by atoms with Gasteiger partial charge in [-0.15, -0.1) is 5.10 Å². The molecule has 3 rings (SSSR count). The van der Waals surface area contributed by atoms with Crippen LogP contribution < -0.4 is 5.73 Å². The van der Waals surface area contributed by atoms with Crippen LogP contribution in [0.4, 0.5) is 5.69 Å². The molecule has 0 spiro atoms. The van der Waals surface area contributed by atoms with Crippen LogP contribution in [0.1, 0.15) is 5.56 Å². The molecule has 2 aromatic carbocycles. The zero-order valence-electron chi connectivity index (χ0n) is 10.9. The highest BCUT2D eigenvalue weighted by atomic mass is 32.2. The summed E-state index contributed by atoms with van der Waals surface area (Å²) in [6.07, 6.45) is 0. The van der Waals surface area contributed by atoms with Crippen LogP contribution in [0, 0.1) is 6.92 Å². The van der Waals surface area contributed by atoms with Crippen molar-refractivity contribution in [3.05, 3.63) is 54.1 Å². The smallest absolute Gasteiger partial charge is 0.218 e. The summed E-state index contributed by atoms with van der Waals surface area (Å²) in [6, 6.07) is 15.6. The van der Waals surface area contributed by atoms with Gasteiger partial charge in [-0.3, -0.25) is 0 Å². The third-order valence-corrected chi connectivity index (χ3v) is 4.07. The van der Waals surface area contributed by atoms with E-state index in [4.69, 9.17) is 5.73 Å². The van der Waals surface area contributed by atoms with E-state index in [0.717, 1.165) is 21.8 Å². The average Bonchev–Trinajstić information content (AvgIpc) is 2.93. The summed E-state index contributed by atoms with van der Waals surface area (Å²) < 4.78 is 1.72. The molecule has 3 aromatic rings. The third-order valence-electron chi connectivity index (χ3n) is 2.97. The van der Waals surface area contributed by atoms with E-state index in [1.54, 1.807) is 4.68 Å². The maximum atomic E-state index is 5.93. The molecule has 0 bridgehead atoms. The number of anilines is 1. The van der Waals surface area contributed by atoms with Gasteiger partial charge in [0.2, 0.25) is 5.16 Å². The third kappa shape index (κ3) is 2.37. The molecule has 0 radical (unpaired) electrons. The van der Waals surface area contributed by atoms with E-state index >= 15 is 0 Å². The molecule has 0 aliphatic rings. The Morgan fingerprint density at radius 2 is 1.85 bits per heavy atom. The number of hydrogen-bond donors (Lipinski definition) is 1. The van der Waals surface area contributed by atoms with Crippen LogP contribution in [0.25, 0.3) is 5.69 Å². The molecule has 2 N–H and O–H groups in total. The van der Waals surface area contributed by atoms with Crippen LogP contribution in [0.5, 0.6) is 0 Å². The van der Waals surface area contributed by atoms with Gasteiger partial charge in [0.1, 0.15) is 0 Å². The highest BCUT2D eigenvalue weighted by molar-refractivity contribution is 7.99. The van der Waals surface area contributed by atoms with E-state index in [0.29, 0.717) is 5.16 Å². The van der Waals surface area contributed by atoms with Gasteiger partial charge < -0.3 is 5.73 Å². The molecule has 1 aromatic heterocycles. The van der Waals surface area contributed by atoms with Gasteiger partial charge in [0.05, 0.1) is 5.69 Å².